The van der Waals surface area contributed by atoms with E-state index in [4.69, 9.17) is 0 Å². The van der Waals surface area contributed by atoms with Crippen molar-refractivity contribution >= 4 is 5.91 Å². The van der Waals surface area contributed by atoms with Gasteiger partial charge in [-0.05, 0) is 27.7 Å². The van der Waals surface area contributed by atoms with Gasteiger partial charge in [-0.3, -0.25) is 9.59 Å². The van der Waals surface area contributed by atoms with Gasteiger partial charge in [0.05, 0.1) is 6.42 Å². The molecule has 110 valence electrons. The summed E-state index contributed by atoms with van der Waals surface area (Å²) >= 11 is 0. The van der Waals surface area contributed by atoms with Gasteiger partial charge in [-0.25, -0.2) is 4.98 Å². The van der Waals surface area contributed by atoms with Crippen LogP contribution in [0.15, 0.2) is 4.79 Å². The molecule has 0 radical (unpaired) electrons. The third kappa shape index (κ3) is 3.25. The van der Waals surface area contributed by atoms with Crippen LogP contribution in [0, 0.1) is 13.8 Å². The van der Waals surface area contributed by atoms with E-state index in [0.29, 0.717) is 30.2 Å². The van der Waals surface area contributed by atoms with Gasteiger partial charge >= 0.3 is 0 Å². The lowest BCUT2D eigenvalue weighted by atomic mass is 10.1. The Balaban J connectivity index is 2.14. The molecule has 1 fully saturated rings. The van der Waals surface area contributed by atoms with Crippen LogP contribution in [0.4, 0.5) is 0 Å². The number of aromatic amines is 1. The summed E-state index contributed by atoms with van der Waals surface area (Å²) in [5, 5.41) is 3.38. The quantitative estimate of drug-likeness (QED) is 0.806. The van der Waals surface area contributed by atoms with Crippen LogP contribution < -0.4 is 10.9 Å². The molecule has 0 saturated carbocycles. The molecule has 20 heavy (non-hydrogen) atoms. The van der Waals surface area contributed by atoms with Crippen molar-refractivity contribution in [2.45, 2.75) is 46.2 Å². The van der Waals surface area contributed by atoms with Crippen molar-refractivity contribution in [3.05, 3.63) is 27.4 Å². The minimum Gasteiger partial charge on any atom is -0.339 e. The molecule has 0 bridgehead atoms. The fourth-order valence-electron chi connectivity index (χ4n) is 2.75. The molecule has 0 unspecified atom stereocenters. The predicted octanol–water partition coefficient (Wildman–Crippen LogP) is 0.138. The van der Waals surface area contributed by atoms with E-state index in [1.54, 1.807) is 13.8 Å². The third-order valence-corrected chi connectivity index (χ3v) is 3.58. The monoisotopic (exact) mass is 278 g/mol. The van der Waals surface area contributed by atoms with Gasteiger partial charge in [0.25, 0.3) is 5.56 Å². The number of carbonyl (C=O) groups is 1. The zero-order chi connectivity index (χ0) is 14.9. The molecule has 2 atom stereocenters. The van der Waals surface area contributed by atoms with E-state index in [9.17, 15) is 9.59 Å². The Labute approximate surface area is 118 Å². The minimum atomic E-state index is -0.209. The molecule has 1 aromatic rings. The molecule has 2 rings (SSSR count). The largest absolute Gasteiger partial charge is 0.339 e. The smallest absolute Gasteiger partial charge is 0.254 e. The van der Waals surface area contributed by atoms with Gasteiger partial charge < -0.3 is 15.2 Å². The van der Waals surface area contributed by atoms with E-state index in [0.717, 1.165) is 0 Å². The molecule has 1 aliphatic heterocycles. The van der Waals surface area contributed by atoms with Crippen LogP contribution in [0.5, 0.6) is 0 Å². The lowest BCUT2D eigenvalue weighted by Gasteiger charge is -2.36. The normalized spacial score (nSPS) is 22.9. The van der Waals surface area contributed by atoms with E-state index < -0.39 is 0 Å². The van der Waals surface area contributed by atoms with Crippen molar-refractivity contribution in [2.24, 2.45) is 0 Å². The second kappa shape index (κ2) is 5.75. The molecular formula is C14H22N4O2. The molecule has 1 aliphatic rings. The maximum atomic E-state index is 12.4. The van der Waals surface area contributed by atoms with Gasteiger partial charge in [-0.2, -0.15) is 0 Å². The van der Waals surface area contributed by atoms with Crippen molar-refractivity contribution in [1.29, 1.82) is 0 Å². The second-order valence-electron chi connectivity index (χ2n) is 5.66. The number of nitrogens with one attached hydrogen (secondary N) is 2. The van der Waals surface area contributed by atoms with Gasteiger partial charge in [0.15, 0.2) is 0 Å². The highest BCUT2D eigenvalue weighted by atomic mass is 16.2. The average molecular weight is 278 g/mol. The summed E-state index contributed by atoms with van der Waals surface area (Å²) in [6.07, 6.45) is 0.119. The van der Waals surface area contributed by atoms with Crippen LogP contribution in [-0.4, -0.2) is 45.9 Å². The minimum absolute atomic E-state index is 0.00977. The van der Waals surface area contributed by atoms with E-state index in [2.05, 4.69) is 29.1 Å². The summed E-state index contributed by atoms with van der Waals surface area (Å²) < 4.78 is 0. The van der Waals surface area contributed by atoms with Gasteiger partial charge in [0, 0.05) is 36.4 Å². The Morgan fingerprint density at radius 3 is 2.45 bits per heavy atom. The topological polar surface area (TPSA) is 78.1 Å². The number of H-pyrrole nitrogens is 1. The van der Waals surface area contributed by atoms with Crippen molar-refractivity contribution in [1.82, 2.24) is 20.2 Å². The number of piperazine rings is 1. The van der Waals surface area contributed by atoms with Gasteiger partial charge in [0.2, 0.25) is 5.91 Å². The van der Waals surface area contributed by atoms with E-state index in [1.807, 2.05) is 4.90 Å². The lowest BCUT2D eigenvalue weighted by Crippen LogP contribution is -2.56. The Kier molecular flexibility index (Phi) is 4.23. The highest BCUT2D eigenvalue weighted by Crippen LogP contribution is 2.08. The molecule has 6 nitrogen and oxygen atoms in total. The Morgan fingerprint density at radius 1 is 1.30 bits per heavy atom. The Bertz CT molecular complexity index is 557. The molecule has 1 aromatic heterocycles. The fraction of sp³-hybridized carbons (Fsp3) is 0.643. The molecule has 2 heterocycles. The first-order valence-corrected chi connectivity index (χ1v) is 6.97. The lowest BCUT2D eigenvalue weighted by molar-refractivity contribution is -0.132. The van der Waals surface area contributed by atoms with Crippen LogP contribution in [0.1, 0.15) is 30.9 Å². The number of carbonyl (C=O) groups excluding carboxylic acids is 1. The Morgan fingerprint density at radius 2 is 1.90 bits per heavy atom. The summed E-state index contributed by atoms with van der Waals surface area (Å²) in [6.45, 7) is 8.98. The van der Waals surface area contributed by atoms with Crippen molar-refractivity contribution < 1.29 is 4.79 Å². The van der Waals surface area contributed by atoms with Crippen LogP contribution in [0.3, 0.4) is 0 Å². The zero-order valence-electron chi connectivity index (χ0n) is 12.5. The van der Waals surface area contributed by atoms with E-state index in [1.165, 1.54) is 0 Å². The van der Waals surface area contributed by atoms with Crippen LogP contribution in [0.25, 0.3) is 0 Å². The maximum absolute atomic E-state index is 12.4. The number of hydrogen-bond acceptors (Lipinski definition) is 4. The van der Waals surface area contributed by atoms with E-state index >= 15 is 0 Å². The first-order valence-electron chi connectivity index (χ1n) is 6.97. The molecule has 1 amide bonds. The summed E-state index contributed by atoms with van der Waals surface area (Å²) in [6, 6.07) is 0.552. The second-order valence-corrected chi connectivity index (χ2v) is 5.66. The summed E-state index contributed by atoms with van der Waals surface area (Å²) in [7, 11) is 0. The van der Waals surface area contributed by atoms with Crippen molar-refractivity contribution in [2.75, 3.05) is 13.1 Å². The van der Waals surface area contributed by atoms with Crippen LogP contribution in [-0.2, 0) is 11.2 Å². The number of amides is 1. The number of nitrogens with zero attached hydrogens (tertiary/aromatic N) is 2. The number of rotatable bonds is 2. The summed E-state index contributed by atoms with van der Waals surface area (Å²) in [5.74, 6) is 0.567. The first kappa shape index (κ1) is 14.7. The van der Waals surface area contributed by atoms with Gasteiger partial charge in [0.1, 0.15) is 5.82 Å². The van der Waals surface area contributed by atoms with E-state index in [-0.39, 0.29) is 30.0 Å². The number of aromatic nitrogens is 2. The SMILES string of the molecule is Cc1nc(C)c(CC(=O)N2C[C@@H](C)N[C@@H](C)C2)c(=O)[nH]1. The Hall–Kier alpha value is -1.69. The van der Waals surface area contributed by atoms with Crippen LogP contribution in [0.2, 0.25) is 0 Å². The molecule has 2 N–H and O–H groups in total. The van der Waals surface area contributed by atoms with Gasteiger partial charge in [-0.1, -0.05) is 0 Å². The van der Waals surface area contributed by atoms with Gasteiger partial charge in [-0.15, -0.1) is 0 Å². The highest BCUT2D eigenvalue weighted by molar-refractivity contribution is 5.79. The molecule has 0 spiro atoms. The summed E-state index contributed by atoms with van der Waals surface area (Å²) in [4.78, 5) is 33.0. The number of hydrogen-bond donors (Lipinski definition) is 2. The molecule has 1 saturated heterocycles. The first-order chi connectivity index (χ1) is 9.36. The highest BCUT2D eigenvalue weighted by Gasteiger charge is 2.25. The fourth-order valence-corrected chi connectivity index (χ4v) is 2.75. The van der Waals surface area contributed by atoms with Crippen molar-refractivity contribution in [3.63, 3.8) is 0 Å². The molecule has 0 aromatic carbocycles. The predicted molar refractivity (Wildman–Crippen MR) is 76.7 cm³/mol. The van der Waals surface area contributed by atoms with Crippen LogP contribution >= 0.6 is 0 Å². The van der Waals surface area contributed by atoms with Crippen molar-refractivity contribution in [3.8, 4) is 0 Å². The molecular weight excluding hydrogens is 256 g/mol. The number of aryl methyl sites for hydroxylation is 2. The summed E-state index contributed by atoms with van der Waals surface area (Å²) in [5.41, 5.74) is 0.898. The molecule has 0 aliphatic carbocycles. The maximum Gasteiger partial charge on any atom is 0.254 e. The molecule has 6 heteroatoms. The average Bonchev–Trinajstić information content (AvgIpc) is 2.32. The third-order valence-electron chi connectivity index (χ3n) is 3.58. The standard InChI is InChI=1S/C14H22N4O2/c1-8-6-18(7-9(2)15-8)13(19)5-12-10(3)16-11(4)17-14(12)20/h8-9,15H,5-7H2,1-4H3,(H,16,17,20)/t8-,9+. The zero-order valence-corrected chi connectivity index (χ0v) is 12.5.